The van der Waals surface area contributed by atoms with Crippen molar-refractivity contribution in [3.05, 3.63) is 27.2 Å². The number of nitrogens with one attached hydrogen (secondary N) is 2. The Morgan fingerprint density at radius 2 is 1.32 bits per heavy atom. The van der Waals surface area contributed by atoms with Gasteiger partial charge in [-0.05, 0) is 12.1 Å². The van der Waals surface area contributed by atoms with Gasteiger partial charge in [0.25, 0.3) is 0 Å². The van der Waals surface area contributed by atoms with E-state index in [0.717, 1.165) is 20.8 Å². The SMILES string of the molecule is CC(=O)OC[C@H]1O[C@@H](NNc2c(Cl)cc(Cl)cc2Cl)[C@H](OC(C)=O)[C@@H](OC(C)=O)[C@@H]1OC(C)=O. The van der Waals surface area contributed by atoms with E-state index in [-0.39, 0.29) is 22.3 Å². The van der Waals surface area contributed by atoms with E-state index >= 15 is 0 Å². The molecule has 1 aliphatic heterocycles. The summed E-state index contributed by atoms with van der Waals surface area (Å²) >= 11 is 18.3. The molecule has 1 fully saturated rings. The Kier molecular flexibility index (Phi) is 10.2. The molecule has 1 aromatic carbocycles. The number of rotatable bonds is 8. The quantitative estimate of drug-likeness (QED) is 0.285. The van der Waals surface area contributed by atoms with E-state index in [0.29, 0.717) is 5.02 Å². The number of anilines is 1. The van der Waals surface area contributed by atoms with Gasteiger partial charge < -0.3 is 29.1 Å². The summed E-state index contributed by atoms with van der Waals surface area (Å²) in [6, 6.07) is 2.87. The standard InChI is InChI=1S/C20H23Cl3N2O9/c1-8(26)30-7-15-17(31-9(2)27)18(32-10(3)28)19(33-11(4)29)20(34-15)25-24-16-13(22)5-12(21)6-14(16)23/h5-6,15,17-20,24-25H,7H2,1-4H3/t15-,17-,18+,19-,20-/m1/s1. The summed E-state index contributed by atoms with van der Waals surface area (Å²) in [5, 5.41) is 0.624. The summed E-state index contributed by atoms with van der Waals surface area (Å²) in [4.78, 5) is 46.8. The van der Waals surface area contributed by atoms with Crippen LogP contribution < -0.4 is 10.9 Å². The molecule has 11 nitrogen and oxygen atoms in total. The van der Waals surface area contributed by atoms with Gasteiger partial charge in [-0.2, -0.15) is 0 Å². The lowest BCUT2D eigenvalue weighted by atomic mass is 9.97. The minimum atomic E-state index is -1.32. The van der Waals surface area contributed by atoms with Crippen molar-refractivity contribution in [2.24, 2.45) is 0 Å². The van der Waals surface area contributed by atoms with Crippen molar-refractivity contribution in [2.45, 2.75) is 58.3 Å². The zero-order valence-corrected chi connectivity index (χ0v) is 20.8. The minimum absolute atomic E-state index is 0.163. The van der Waals surface area contributed by atoms with Gasteiger partial charge in [0.15, 0.2) is 24.5 Å². The first-order valence-corrected chi connectivity index (χ1v) is 11.0. The van der Waals surface area contributed by atoms with E-state index in [1.807, 2.05) is 0 Å². The fourth-order valence-corrected chi connectivity index (χ4v) is 4.06. The fraction of sp³-hybridized carbons (Fsp3) is 0.500. The van der Waals surface area contributed by atoms with Gasteiger partial charge in [-0.25, -0.2) is 5.43 Å². The first-order chi connectivity index (χ1) is 15.9. The van der Waals surface area contributed by atoms with Gasteiger partial charge in [0.05, 0.1) is 15.7 Å². The van der Waals surface area contributed by atoms with Gasteiger partial charge >= 0.3 is 23.9 Å². The molecule has 5 atom stereocenters. The van der Waals surface area contributed by atoms with Crippen LogP contribution in [0.5, 0.6) is 0 Å². The smallest absolute Gasteiger partial charge is 0.303 e. The largest absolute Gasteiger partial charge is 0.463 e. The van der Waals surface area contributed by atoms with Crippen molar-refractivity contribution in [1.29, 1.82) is 0 Å². The summed E-state index contributed by atoms with van der Waals surface area (Å²) in [5.41, 5.74) is 5.73. The molecule has 14 heteroatoms. The minimum Gasteiger partial charge on any atom is -0.463 e. The maximum Gasteiger partial charge on any atom is 0.303 e. The Labute approximate surface area is 210 Å². The molecule has 2 rings (SSSR count). The predicted molar refractivity (Wildman–Crippen MR) is 120 cm³/mol. The molecular weight excluding hydrogens is 519 g/mol. The average molecular weight is 542 g/mol. The van der Waals surface area contributed by atoms with Crippen molar-refractivity contribution in [3.63, 3.8) is 0 Å². The van der Waals surface area contributed by atoms with Gasteiger partial charge in [-0.3, -0.25) is 19.2 Å². The number of carbonyl (C=O) groups is 4. The van der Waals surface area contributed by atoms with Gasteiger partial charge in [-0.15, -0.1) is 0 Å². The van der Waals surface area contributed by atoms with Gasteiger partial charge in [0.2, 0.25) is 0 Å². The summed E-state index contributed by atoms with van der Waals surface area (Å²) < 4.78 is 26.9. The van der Waals surface area contributed by atoms with Crippen molar-refractivity contribution < 1.29 is 42.9 Å². The lowest BCUT2D eigenvalue weighted by molar-refractivity contribution is -0.256. The number of esters is 4. The first kappa shape index (κ1) is 27.9. The molecule has 2 N–H and O–H groups in total. The summed E-state index contributed by atoms with van der Waals surface area (Å²) in [6.07, 6.45) is -6.24. The van der Waals surface area contributed by atoms with E-state index < -0.39 is 54.5 Å². The van der Waals surface area contributed by atoms with Crippen molar-refractivity contribution in [3.8, 4) is 0 Å². The molecule has 0 radical (unpaired) electrons. The highest BCUT2D eigenvalue weighted by Gasteiger charge is 2.52. The van der Waals surface area contributed by atoms with Gasteiger partial charge in [-0.1, -0.05) is 34.8 Å². The van der Waals surface area contributed by atoms with Crippen molar-refractivity contribution in [1.82, 2.24) is 5.43 Å². The van der Waals surface area contributed by atoms with Crippen LogP contribution in [0.15, 0.2) is 12.1 Å². The lowest BCUT2D eigenvalue weighted by Crippen LogP contribution is -2.66. The molecule has 0 spiro atoms. The van der Waals surface area contributed by atoms with E-state index in [9.17, 15) is 19.2 Å². The maximum absolute atomic E-state index is 11.8. The molecule has 1 heterocycles. The summed E-state index contributed by atoms with van der Waals surface area (Å²) in [5.74, 6) is -2.84. The Balaban J connectivity index is 2.42. The number of hydrazine groups is 1. The van der Waals surface area contributed by atoms with E-state index in [2.05, 4.69) is 10.9 Å². The highest BCUT2D eigenvalue weighted by Crippen LogP contribution is 2.34. The summed E-state index contributed by atoms with van der Waals surface area (Å²) in [6.45, 7) is 4.20. The number of halogens is 3. The molecule has 0 bridgehead atoms. The normalized spacial score (nSPS) is 24.0. The number of hydrogen-bond donors (Lipinski definition) is 2. The summed E-state index contributed by atoms with van der Waals surface area (Å²) in [7, 11) is 0. The molecule has 34 heavy (non-hydrogen) atoms. The van der Waals surface area contributed by atoms with Crippen molar-refractivity contribution >= 4 is 64.4 Å². The molecule has 1 aromatic rings. The van der Waals surface area contributed by atoms with Crippen LogP contribution in [-0.4, -0.2) is 61.1 Å². The Bertz CT molecular complexity index is 923. The lowest BCUT2D eigenvalue weighted by Gasteiger charge is -2.44. The molecular formula is C20H23Cl3N2O9. The predicted octanol–water partition coefficient (Wildman–Crippen LogP) is 2.65. The Hall–Kier alpha value is -2.31. The van der Waals surface area contributed by atoms with E-state index in [4.69, 9.17) is 58.5 Å². The average Bonchev–Trinajstić information content (AvgIpc) is 2.68. The third kappa shape index (κ3) is 7.88. The van der Waals surface area contributed by atoms with Crippen LogP contribution >= 0.6 is 34.8 Å². The highest BCUT2D eigenvalue weighted by atomic mass is 35.5. The molecule has 0 amide bonds. The van der Waals surface area contributed by atoms with Crippen LogP contribution in [0.4, 0.5) is 5.69 Å². The van der Waals surface area contributed by atoms with Crippen LogP contribution in [0.1, 0.15) is 27.7 Å². The second kappa shape index (κ2) is 12.4. The fourth-order valence-electron chi connectivity index (χ4n) is 3.15. The zero-order valence-electron chi connectivity index (χ0n) is 18.6. The van der Waals surface area contributed by atoms with Gasteiger partial charge in [0, 0.05) is 32.7 Å². The van der Waals surface area contributed by atoms with Crippen molar-refractivity contribution in [2.75, 3.05) is 12.0 Å². The molecule has 0 saturated carbocycles. The van der Waals surface area contributed by atoms with Crippen LogP contribution in [0, 0.1) is 0 Å². The third-order valence-electron chi connectivity index (χ3n) is 4.34. The number of benzene rings is 1. The van der Waals surface area contributed by atoms with Crippen LogP contribution in [0.25, 0.3) is 0 Å². The Morgan fingerprint density at radius 1 is 0.824 bits per heavy atom. The van der Waals surface area contributed by atoms with E-state index in [1.54, 1.807) is 0 Å². The molecule has 0 aliphatic carbocycles. The number of carbonyl (C=O) groups excluding carboxylic acids is 4. The number of hydrogen-bond acceptors (Lipinski definition) is 11. The van der Waals surface area contributed by atoms with Crippen LogP contribution in [-0.2, 0) is 42.9 Å². The second-order valence-electron chi connectivity index (χ2n) is 7.13. The molecule has 188 valence electrons. The second-order valence-corrected chi connectivity index (χ2v) is 8.38. The topological polar surface area (TPSA) is 138 Å². The zero-order chi connectivity index (χ0) is 25.6. The third-order valence-corrected chi connectivity index (χ3v) is 5.15. The highest BCUT2D eigenvalue weighted by molar-refractivity contribution is 6.41. The Morgan fingerprint density at radius 3 is 1.82 bits per heavy atom. The molecule has 1 saturated heterocycles. The maximum atomic E-state index is 11.8. The molecule has 0 aromatic heterocycles. The molecule has 0 unspecified atom stereocenters. The van der Waals surface area contributed by atoms with E-state index in [1.165, 1.54) is 19.1 Å². The number of ether oxygens (including phenoxy) is 5. The van der Waals surface area contributed by atoms with Crippen LogP contribution in [0.2, 0.25) is 15.1 Å². The monoisotopic (exact) mass is 540 g/mol. The first-order valence-electron chi connectivity index (χ1n) is 9.85. The van der Waals surface area contributed by atoms with Gasteiger partial charge in [0.1, 0.15) is 12.7 Å². The van der Waals surface area contributed by atoms with Crippen LogP contribution in [0.3, 0.4) is 0 Å². The molecule has 1 aliphatic rings.